The van der Waals surface area contributed by atoms with Gasteiger partial charge in [0.15, 0.2) is 0 Å². The fourth-order valence-electron chi connectivity index (χ4n) is 2.95. The molecule has 8 heteroatoms. The number of hydrogen-bond acceptors (Lipinski definition) is 4. The zero-order valence-corrected chi connectivity index (χ0v) is 17.3. The Morgan fingerprint density at radius 3 is 2.38 bits per heavy atom. The van der Waals surface area contributed by atoms with Crippen LogP contribution in [0.4, 0.5) is 5.69 Å². The average molecular weight is 413 g/mol. The van der Waals surface area contributed by atoms with Gasteiger partial charge in [0.05, 0.1) is 18.5 Å². The summed E-state index contributed by atoms with van der Waals surface area (Å²) in [5.74, 6) is -0.362. The van der Waals surface area contributed by atoms with Gasteiger partial charge in [-0.3, -0.25) is 13.8 Å². The van der Waals surface area contributed by atoms with Crippen LogP contribution >= 0.6 is 0 Å². The van der Waals surface area contributed by atoms with E-state index in [0.717, 1.165) is 27.3 Å². The van der Waals surface area contributed by atoms with Crippen LogP contribution in [0.2, 0.25) is 0 Å². The summed E-state index contributed by atoms with van der Waals surface area (Å²) in [5.41, 5.74) is 3.34. The van der Waals surface area contributed by atoms with Gasteiger partial charge in [-0.05, 0) is 35.7 Å². The van der Waals surface area contributed by atoms with E-state index in [1.165, 1.54) is 0 Å². The monoisotopic (exact) mass is 412 g/mol. The highest BCUT2D eigenvalue weighted by molar-refractivity contribution is 7.92. The molecule has 3 rings (SSSR count). The third-order valence-electron chi connectivity index (χ3n) is 4.49. The number of carbonyl (C=O) groups is 1. The van der Waals surface area contributed by atoms with Gasteiger partial charge < -0.3 is 5.32 Å². The summed E-state index contributed by atoms with van der Waals surface area (Å²) >= 11 is 0. The molecule has 7 nitrogen and oxygen atoms in total. The average Bonchev–Trinajstić information content (AvgIpc) is 3.18. The molecule has 0 bridgehead atoms. The smallest absolute Gasteiger partial charge is 0.241 e. The van der Waals surface area contributed by atoms with Crippen LogP contribution in [0.15, 0.2) is 67.0 Å². The van der Waals surface area contributed by atoms with Crippen molar-refractivity contribution in [2.24, 2.45) is 0 Å². The van der Waals surface area contributed by atoms with Crippen molar-refractivity contribution < 1.29 is 13.2 Å². The van der Waals surface area contributed by atoms with Gasteiger partial charge in [-0.25, -0.2) is 8.42 Å². The lowest BCUT2D eigenvalue weighted by molar-refractivity contribution is -0.119. The fourth-order valence-corrected chi connectivity index (χ4v) is 3.87. The maximum atomic E-state index is 12.4. The Labute approximate surface area is 171 Å². The summed E-state index contributed by atoms with van der Waals surface area (Å²) in [7, 11) is -3.58. The number of para-hydroxylation sites is 1. The normalized spacial score (nSPS) is 11.2. The first-order valence-electron chi connectivity index (χ1n) is 9.18. The molecule has 0 unspecified atom stereocenters. The van der Waals surface area contributed by atoms with Gasteiger partial charge in [0, 0.05) is 18.9 Å². The number of aryl methyl sites for hydroxylation is 1. The number of benzene rings is 2. The van der Waals surface area contributed by atoms with Gasteiger partial charge in [0.2, 0.25) is 15.9 Å². The van der Waals surface area contributed by atoms with Crippen LogP contribution in [0.25, 0.3) is 0 Å². The van der Waals surface area contributed by atoms with E-state index < -0.39 is 10.0 Å². The molecule has 29 heavy (non-hydrogen) atoms. The van der Waals surface area contributed by atoms with E-state index in [0.29, 0.717) is 18.8 Å². The molecule has 2 aromatic carbocycles. The molecule has 1 amide bonds. The number of carbonyl (C=O) groups excluding carboxylic acids is 1. The van der Waals surface area contributed by atoms with Gasteiger partial charge in [0.1, 0.15) is 6.54 Å². The minimum atomic E-state index is -3.58. The minimum absolute atomic E-state index is 0.263. The highest BCUT2D eigenvalue weighted by atomic mass is 32.2. The number of amides is 1. The predicted molar refractivity (Wildman–Crippen MR) is 113 cm³/mol. The first-order valence-corrected chi connectivity index (χ1v) is 11.0. The predicted octanol–water partition coefficient (Wildman–Crippen LogP) is 2.32. The fraction of sp³-hybridized carbons (Fsp3) is 0.238. The summed E-state index contributed by atoms with van der Waals surface area (Å²) in [6, 6.07) is 16.8. The molecule has 0 atom stereocenters. The van der Waals surface area contributed by atoms with Crippen molar-refractivity contribution in [1.29, 1.82) is 0 Å². The van der Waals surface area contributed by atoms with Crippen LogP contribution in [0, 0.1) is 6.92 Å². The van der Waals surface area contributed by atoms with Gasteiger partial charge in [-0.1, -0.05) is 42.5 Å². The van der Waals surface area contributed by atoms with E-state index in [9.17, 15) is 13.2 Å². The van der Waals surface area contributed by atoms with Gasteiger partial charge in [-0.15, -0.1) is 0 Å². The topological polar surface area (TPSA) is 84.3 Å². The lowest BCUT2D eigenvalue weighted by Gasteiger charge is -2.23. The van der Waals surface area contributed by atoms with E-state index in [2.05, 4.69) is 10.4 Å². The number of anilines is 1. The molecule has 1 N–H and O–H groups in total. The molecular formula is C21H24N4O3S. The Morgan fingerprint density at radius 2 is 1.76 bits per heavy atom. The van der Waals surface area contributed by atoms with Crippen LogP contribution in [-0.4, -0.2) is 36.9 Å². The highest BCUT2D eigenvalue weighted by Crippen LogP contribution is 2.21. The number of rotatable bonds is 8. The number of hydrogen-bond donors (Lipinski definition) is 1. The summed E-state index contributed by atoms with van der Waals surface area (Å²) < 4.78 is 27.4. The van der Waals surface area contributed by atoms with E-state index in [1.807, 2.05) is 60.3 Å². The second-order valence-electron chi connectivity index (χ2n) is 6.85. The summed E-state index contributed by atoms with van der Waals surface area (Å²) in [6.07, 6.45) is 4.74. The highest BCUT2D eigenvalue weighted by Gasteiger charge is 2.21. The van der Waals surface area contributed by atoms with Gasteiger partial charge in [-0.2, -0.15) is 5.10 Å². The second-order valence-corrected chi connectivity index (χ2v) is 8.76. The van der Waals surface area contributed by atoms with Crippen LogP contribution < -0.4 is 9.62 Å². The molecule has 0 saturated heterocycles. The van der Waals surface area contributed by atoms with Crippen LogP contribution in [-0.2, 0) is 27.9 Å². The second kappa shape index (κ2) is 8.91. The molecule has 0 aliphatic heterocycles. The summed E-state index contributed by atoms with van der Waals surface area (Å²) in [5, 5.41) is 6.97. The van der Waals surface area contributed by atoms with Crippen molar-refractivity contribution in [3.63, 3.8) is 0 Å². The Bertz CT molecular complexity index is 1060. The molecule has 0 aliphatic carbocycles. The minimum Gasteiger partial charge on any atom is -0.350 e. The Balaban J connectivity index is 1.60. The van der Waals surface area contributed by atoms with Crippen molar-refractivity contribution in [3.8, 4) is 0 Å². The largest absolute Gasteiger partial charge is 0.350 e. The first-order chi connectivity index (χ1) is 13.8. The SMILES string of the molecule is Cc1ccccc1N(CC(=O)NCc1ccc(Cn2cccn2)cc1)S(C)(=O)=O. The first kappa shape index (κ1) is 20.6. The van der Waals surface area contributed by atoms with Crippen molar-refractivity contribution in [1.82, 2.24) is 15.1 Å². The molecule has 0 saturated carbocycles. The van der Waals surface area contributed by atoms with Crippen LogP contribution in [0.1, 0.15) is 16.7 Å². The molecule has 0 spiro atoms. The Hall–Kier alpha value is -3.13. The molecule has 0 aliphatic rings. The molecule has 1 aromatic heterocycles. The van der Waals surface area contributed by atoms with Crippen molar-refractivity contribution in [2.75, 3.05) is 17.1 Å². The maximum absolute atomic E-state index is 12.4. The number of nitrogens with one attached hydrogen (secondary N) is 1. The quantitative estimate of drug-likeness (QED) is 0.615. The van der Waals surface area contributed by atoms with E-state index >= 15 is 0 Å². The van der Waals surface area contributed by atoms with Crippen LogP contribution in [0.5, 0.6) is 0 Å². The number of aromatic nitrogens is 2. The maximum Gasteiger partial charge on any atom is 0.241 e. The summed E-state index contributed by atoms with van der Waals surface area (Å²) in [6.45, 7) is 2.56. The molecule has 152 valence electrons. The van der Waals surface area contributed by atoms with Crippen molar-refractivity contribution >= 4 is 21.6 Å². The zero-order valence-electron chi connectivity index (χ0n) is 16.4. The van der Waals surface area contributed by atoms with Crippen molar-refractivity contribution in [2.45, 2.75) is 20.0 Å². The third-order valence-corrected chi connectivity index (χ3v) is 5.61. The van der Waals surface area contributed by atoms with Crippen LogP contribution in [0.3, 0.4) is 0 Å². The van der Waals surface area contributed by atoms with E-state index in [1.54, 1.807) is 18.3 Å². The summed E-state index contributed by atoms with van der Waals surface area (Å²) in [4.78, 5) is 12.4. The Kier molecular flexibility index (Phi) is 6.33. The lowest BCUT2D eigenvalue weighted by Crippen LogP contribution is -2.40. The standard InChI is InChI=1S/C21H24N4O3S/c1-17-6-3-4-7-20(17)25(29(2,27)28)16-21(26)22-14-18-8-10-19(11-9-18)15-24-13-5-12-23-24/h3-13H,14-16H2,1-2H3,(H,22,26). The molecule has 3 aromatic rings. The molecule has 0 fully saturated rings. The van der Waals surface area contributed by atoms with Crippen molar-refractivity contribution in [3.05, 3.63) is 83.7 Å². The molecule has 1 heterocycles. The molecule has 0 radical (unpaired) electrons. The lowest BCUT2D eigenvalue weighted by atomic mass is 10.1. The van der Waals surface area contributed by atoms with E-state index in [-0.39, 0.29) is 12.5 Å². The number of sulfonamides is 1. The Morgan fingerprint density at radius 1 is 1.07 bits per heavy atom. The van der Waals surface area contributed by atoms with Gasteiger partial charge in [0.25, 0.3) is 0 Å². The third kappa shape index (κ3) is 5.68. The number of nitrogens with zero attached hydrogens (tertiary/aromatic N) is 3. The zero-order chi connectivity index (χ0) is 20.9. The van der Waals surface area contributed by atoms with Gasteiger partial charge >= 0.3 is 0 Å². The van der Waals surface area contributed by atoms with E-state index in [4.69, 9.17) is 0 Å². The molecular weight excluding hydrogens is 388 g/mol.